The van der Waals surface area contributed by atoms with Gasteiger partial charge >= 0.3 is 0 Å². The van der Waals surface area contributed by atoms with E-state index in [0.29, 0.717) is 0 Å². The quantitative estimate of drug-likeness (QED) is 0.735. The molecule has 0 unspecified atom stereocenters. The zero-order chi connectivity index (χ0) is 10.9. The Morgan fingerprint density at radius 3 is 2.60 bits per heavy atom. The first kappa shape index (κ1) is 10.5. The molecule has 1 heterocycles. The van der Waals surface area contributed by atoms with Crippen molar-refractivity contribution in [3.05, 3.63) is 36.8 Å². The predicted molar refractivity (Wildman–Crippen MR) is 59.6 cm³/mol. The Kier molecular flexibility index (Phi) is 2.70. The van der Waals surface area contributed by atoms with Crippen molar-refractivity contribution < 1.29 is 9.47 Å². The van der Waals surface area contributed by atoms with E-state index in [2.05, 4.69) is 20.8 Å². The Bertz CT molecular complexity index is 342. The van der Waals surface area contributed by atoms with E-state index in [-0.39, 0.29) is 6.10 Å². The second-order valence-corrected chi connectivity index (χ2v) is 3.86. The van der Waals surface area contributed by atoms with Gasteiger partial charge < -0.3 is 9.47 Å². The summed E-state index contributed by atoms with van der Waals surface area (Å²) in [7, 11) is 0. The van der Waals surface area contributed by atoms with Gasteiger partial charge in [-0.15, -0.1) is 0 Å². The predicted octanol–water partition coefficient (Wildman–Crippen LogP) is 3.49. The maximum Gasteiger partial charge on any atom is 0.210 e. The molecule has 81 valence electrons. The van der Waals surface area contributed by atoms with Crippen molar-refractivity contribution in [3.63, 3.8) is 0 Å². The molecule has 0 aromatic heterocycles. The van der Waals surface area contributed by atoms with Gasteiger partial charge in [0.15, 0.2) is 0 Å². The third-order valence-electron chi connectivity index (χ3n) is 3.00. The third kappa shape index (κ3) is 1.74. The fraction of sp³-hybridized carbons (Fsp3) is 0.462. The van der Waals surface area contributed by atoms with Crippen LogP contribution in [0.25, 0.3) is 0 Å². The van der Waals surface area contributed by atoms with Gasteiger partial charge in [-0.3, -0.25) is 0 Å². The minimum Gasteiger partial charge on any atom is -0.462 e. The zero-order valence-corrected chi connectivity index (χ0v) is 9.32. The van der Waals surface area contributed by atoms with Gasteiger partial charge in [-0.25, -0.2) is 0 Å². The van der Waals surface area contributed by atoms with Gasteiger partial charge in [0, 0.05) is 18.4 Å². The Morgan fingerprint density at radius 2 is 1.93 bits per heavy atom. The lowest BCUT2D eigenvalue weighted by Crippen LogP contribution is -2.42. The summed E-state index contributed by atoms with van der Waals surface area (Å²) < 4.78 is 11.8. The first-order valence-corrected chi connectivity index (χ1v) is 5.49. The van der Waals surface area contributed by atoms with Crippen LogP contribution in [-0.4, -0.2) is 5.79 Å². The van der Waals surface area contributed by atoms with Gasteiger partial charge in [0.2, 0.25) is 5.79 Å². The highest BCUT2D eigenvalue weighted by Crippen LogP contribution is 2.40. The van der Waals surface area contributed by atoms with E-state index < -0.39 is 5.79 Å². The summed E-state index contributed by atoms with van der Waals surface area (Å²) in [6.07, 6.45) is 1.54. The molecule has 2 nitrogen and oxygen atoms in total. The van der Waals surface area contributed by atoms with Crippen LogP contribution in [0, 0.1) is 6.92 Å². The van der Waals surface area contributed by atoms with Crippen molar-refractivity contribution in [3.8, 4) is 5.75 Å². The molecule has 1 atom stereocenters. The van der Waals surface area contributed by atoms with Crippen molar-refractivity contribution in [2.24, 2.45) is 0 Å². The molecule has 1 aromatic carbocycles. The second kappa shape index (κ2) is 3.86. The molecule has 1 aromatic rings. The monoisotopic (exact) mass is 205 g/mol. The maximum atomic E-state index is 5.93. The van der Waals surface area contributed by atoms with E-state index in [9.17, 15) is 0 Å². The van der Waals surface area contributed by atoms with Crippen molar-refractivity contribution in [1.82, 2.24) is 0 Å². The van der Waals surface area contributed by atoms with E-state index >= 15 is 0 Å². The molecule has 15 heavy (non-hydrogen) atoms. The summed E-state index contributed by atoms with van der Waals surface area (Å²) in [6.45, 7) is 8.17. The number of fused-ring (bicyclic) bond motifs is 1. The molecule has 0 spiro atoms. The van der Waals surface area contributed by atoms with E-state index in [0.717, 1.165) is 24.2 Å². The van der Waals surface area contributed by atoms with Crippen molar-refractivity contribution in [2.75, 3.05) is 0 Å². The van der Waals surface area contributed by atoms with E-state index in [1.54, 1.807) is 0 Å². The van der Waals surface area contributed by atoms with E-state index in [1.165, 1.54) is 0 Å². The fourth-order valence-corrected chi connectivity index (χ4v) is 1.95. The van der Waals surface area contributed by atoms with Crippen LogP contribution >= 0.6 is 0 Å². The number of hydrogen-bond acceptors (Lipinski definition) is 2. The molecule has 0 saturated carbocycles. The van der Waals surface area contributed by atoms with Crippen molar-refractivity contribution >= 4 is 0 Å². The van der Waals surface area contributed by atoms with E-state index in [4.69, 9.17) is 9.47 Å². The second-order valence-electron chi connectivity index (χ2n) is 3.86. The standard InChI is InChI=1S/C13H17O2/c1-4-13(5-2)14-10(3)11-8-6-7-9-12(11)15-13/h6-10H,3-5H2,1-2H3/t10-/m0/s1. The summed E-state index contributed by atoms with van der Waals surface area (Å²) in [6, 6.07) is 7.94. The topological polar surface area (TPSA) is 18.5 Å². The summed E-state index contributed by atoms with van der Waals surface area (Å²) in [4.78, 5) is 0. The minimum absolute atomic E-state index is 0.130. The average molecular weight is 205 g/mol. The molecule has 0 saturated heterocycles. The molecule has 1 radical (unpaired) electrons. The highest BCUT2D eigenvalue weighted by atomic mass is 16.7. The molecule has 0 aliphatic carbocycles. The Morgan fingerprint density at radius 1 is 1.27 bits per heavy atom. The van der Waals surface area contributed by atoms with Crippen LogP contribution in [0.5, 0.6) is 5.75 Å². The minimum atomic E-state index is -0.485. The van der Waals surface area contributed by atoms with Gasteiger partial charge in [0.1, 0.15) is 5.75 Å². The summed E-state index contributed by atoms with van der Waals surface area (Å²) in [5.41, 5.74) is 1.04. The highest BCUT2D eigenvalue weighted by Gasteiger charge is 2.37. The van der Waals surface area contributed by atoms with Crippen molar-refractivity contribution in [1.29, 1.82) is 0 Å². The number of rotatable bonds is 2. The molecular formula is C13H17O2. The lowest BCUT2D eigenvalue weighted by molar-refractivity contribution is -0.222. The Balaban J connectivity index is 2.37. The van der Waals surface area contributed by atoms with Gasteiger partial charge in [0.05, 0.1) is 6.10 Å². The number of ether oxygens (including phenoxy) is 2. The van der Waals surface area contributed by atoms with Crippen LogP contribution in [0.2, 0.25) is 0 Å². The van der Waals surface area contributed by atoms with Crippen LogP contribution in [0.4, 0.5) is 0 Å². The fourth-order valence-electron chi connectivity index (χ4n) is 1.95. The molecule has 2 rings (SSSR count). The summed E-state index contributed by atoms with van der Waals surface area (Å²) in [5, 5.41) is 0. The zero-order valence-electron chi connectivity index (χ0n) is 9.32. The summed E-state index contributed by atoms with van der Waals surface area (Å²) in [5.74, 6) is 0.424. The lowest BCUT2D eigenvalue weighted by atomic mass is 10.0. The van der Waals surface area contributed by atoms with Crippen molar-refractivity contribution in [2.45, 2.75) is 38.6 Å². The van der Waals surface area contributed by atoms with Gasteiger partial charge in [-0.2, -0.15) is 0 Å². The molecule has 0 amide bonds. The van der Waals surface area contributed by atoms with E-state index in [1.807, 2.05) is 24.3 Å². The summed E-state index contributed by atoms with van der Waals surface area (Å²) >= 11 is 0. The smallest absolute Gasteiger partial charge is 0.210 e. The molecular weight excluding hydrogens is 188 g/mol. The van der Waals surface area contributed by atoms with Gasteiger partial charge in [0.25, 0.3) is 0 Å². The van der Waals surface area contributed by atoms with Crippen LogP contribution < -0.4 is 4.74 Å². The van der Waals surface area contributed by atoms with Crippen LogP contribution in [0.3, 0.4) is 0 Å². The number of hydrogen-bond donors (Lipinski definition) is 0. The molecule has 1 aliphatic rings. The maximum absolute atomic E-state index is 5.93. The largest absolute Gasteiger partial charge is 0.462 e. The highest BCUT2D eigenvalue weighted by molar-refractivity contribution is 5.37. The molecule has 2 heteroatoms. The van der Waals surface area contributed by atoms with Crippen LogP contribution in [0.1, 0.15) is 38.4 Å². The Labute approximate surface area is 91.2 Å². The van der Waals surface area contributed by atoms with Gasteiger partial charge in [-0.05, 0) is 13.0 Å². The SMILES string of the molecule is [CH2][C@@H]1OC(CC)(CC)Oc2ccccc21. The Hall–Kier alpha value is -1.02. The number of benzene rings is 1. The van der Waals surface area contributed by atoms with Crippen LogP contribution in [-0.2, 0) is 4.74 Å². The molecule has 0 N–H and O–H groups in total. The molecule has 1 aliphatic heterocycles. The van der Waals surface area contributed by atoms with Crippen LogP contribution in [0.15, 0.2) is 24.3 Å². The third-order valence-corrected chi connectivity index (χ3v) is 3.00. The number of para-hydroxylation sites is 1. The first-order valence-electron chi connectivity index (χ1n) is 5.49. The normalized spacial score (nSPS) is 23.0. The van der Waals surface area contributed by atoms with Gasteiger partial charge in [-0.1, -0.05) is 32.0 Å². The average Bonchev–Trinajstić information content (AvgIpc) is 2.29. The first-order chi connectivity index (χ1) is 7.21. The molecule has 0 bridgehead atoms. The lowest BCUT2D eigenvalue weighted by Gasteiger charge is -2.40. The molecule has 0 fully saturated rings.